The summed E-state index contributed by atoms with van der Waals surface area (Å²) in [5, 5.41) is 36.3. The van der Waals surface area contributed by atoms with Crippen molar-refractivity contribution >= 4 is 53.2 Å². The second kappa shape index (κ2) is 32.9. The van der Waals surface area contributed by atoms with Gasteiger partial charge in [0.2, 0.25) is 53.2 Å². The molecule has 1 aliphatic carbocycles. The van der Waals surface area contributed by atoms with Gasteiger partial charge < -0.3 is 81.7 Å². The van der Waals surface area contributed by atoms with Crippen molar-refractivity contribution in [1.29, 1.82) is 0 Å². The molecule has 0 aromatic heterocycles. The molecule has 4 heterocycles. The van der Waals surface area contributed by atoms with E-state index in [2.05, 4.69) is 47.9 Å². The van der Waals surface area contributed by atoms with Crippen molar-refractivity contribution in [1.82, 2.24) is 57.7 Å². The maximum atomic E-state index is 14.6. The lowest BCUT2D eigenvalue weighted by Gasteiger charge is -2.34. The summed E-state index contributed by atoms with van der Waals surface area (Å²) in [4.78, 5) is 126. The summed E-state index contributed by atoms with van der Waals surface area (Å²) in [5.41, 5.74) is 1.82. The van der Waals surface area contributed by atoms with Gasteiger partial charge in [-0.1, -0.05) is 91.0 Å². The average Bonchev–Trinajstić information content (AvgIpc) is 1.54. The van der Waals surface area contributed by atoms with Gasteiger partial charge in [-0.3, -0.25) is 43.2 Å². The van der Waals surface area contributed by atoms with Crippen molar-refractivity contribution < 1.29 is 67.2 Å². The standard InChI is InChI=1S/C64H89N11O14/c1-40(65-3)57(79)72-55-45(20-21-48-22-23-49(74(48)62(55)84)59(81)70-53(42-14-8-5-9-15-42)43-16-10-6-11-17-43)36-69-52(78)39-89-38-51(77)67-26-28-86-30-32-88-33-31-87-29-27-68-61(83)54(44-18-12-7-13-19-44)71-60(82)50-24-25-64-35-47(64)34-46(37-76)56(63(85)75(50)64)73-58(80)41(2)66-4/h5-19,40-41,45-50,53-56,65-66,76H,20-39H2,1-4H3,(H,67,77)(H,68,83)(H,69,78)(H,70,81)(H,71,82)(H,72,79)(H,73,80)/t40-,41-,45+,46+,47?,48-,49-,50-,54-,55-,56?,64?/m0/s1. The molecule has 5 fully saturated rings. The van der Waals surface area contributed by atoms with E-state index < -0.39 is 108 Å². The van der Waals surface area contributed by atoms with Gasteiger partial charge in [0.05, 0.1) is 57.8 Å². The zero-order chi connectivity index (χ0) is 63.5. The fraction of sp³-hybridized carbons (Fsp3) is 0.578. The van der Waals surface area contributed by atoms with Crippen molar-refractivity contribution in [3.8, 4) is 0 Å². The highest BCUT2D eigenvalue weighted by molar-refractivity contribution is 5.97. The van der Waals surface area contributed by atoms with Crippen LogP contribution in [0.25, 0.3) is 0 Å². The second-order valence-corrected chi connectivity index (χ2v) is 23.7. The summed E-state index contributed by atoms with van der Waals surface area (Å²) >= 11 is 0. The van der Waals surface area contributed by atoms with Crippen molar-refractivity contribution in [2.75, 3.05) is 93.2 Å². The number of benzene rings is 3. The number of hydrogen-bond donors (Lipinski definition) is 10. The van der Waals surface area contributed by atoms with Crippen LogP contribution >= 0.6 is 0 Å². The van der Waals surface area contributed by atoms with Gasteiger partial charge in [0.1, 0.15) is 43.4 Å². The quantitative estimate of drug-likeness (QED) is 0.0356. The first kappa shape index (κ1) is 67.5. The van der Waals surface area contributed by atoms with Crippen LogP contribution in [0.5, 0.6) is 0 Å². The zero-order valence-corrected chi connectivity index (χ0v) is 51.4. The molecule has 3 aromatic rings. The Kier molecular flexibility index (Phi) is 25.0. The van der Waals surface area contributed by atoms with E-state index in [4.69, 9.17) is 18.9 Å². The second-order valence-electron chi connectivity index (χ2n) is 23.7. The average molecular weight is 1240 g/mol. The maximum Gasteiger partial charge on any atom is 0.247 e. The fourth-order valence-electron chi connectivity index (χ4n) is 12.8. The van der Waals surface area contributed by atoms with Gasteiger partial charge in [-0.05, 0) is 102 Å². The van der Waals surface area contributed by atoms with Crippen LogP contribution in [0, 0.1) is 17.8 Å². The molecule has 1 spiro atoms. The van der Waals surface area contributed by atoms with E-state index in [1.807, 2.05) is 60.7 Å². The van der Waals surface area contributed by atoms with E-state index in [-0.39, 0.29) is 102 Å². The normalized spacial score (nSPS) is 24.6. The minimum Gasteiger partial charge on any atom is -0.396 e. The van der Waals surface area contributed by atoms with Crippen molar-refractivity contribution in [2.24, 2.45) is 17.8 Å². The van der Waals surface area contributed by atoms with Gasteiger partial charge in [-0.25, -0.2) is 0 Å². The molecule has 25 nitrogen and oxygen atoms in total. The van der Waals surface area contributed by atoms with E-state index in [0.717, 1.165) is 11.1 Å². The highest BCUT2D eigenvalue weighted by Gasteiger charge is 2.68. The van der Waals surface area contributed by atoms with Gasteiger partial charge in [0.25, 0.3) is 0 Å². The topological polar surface area (TPSA) is 326 Å². The highest BCUT2D eigenvalue weighted by atomic mass is 16.5. The van der Waals surface area contributed by atoms with Crippen LogP contribution in [0.2, 0.25) is 0 Å². The van der Waals surface area contributed by atoms with Crippen LogP contribution < -0.4 is 47.9 Å². The van der Waals surface area contributed by atoms with Crippen molar-refractivity contribution in [3.05, 3.63) is 108 Å². The predicted molar refractivity (Wildman–Crippen MR) is 326 cm³/mol. The number of carbonyl (C=O) groups excluding carboxylic acids is 9. The molecule has 3 unspecified atom stereocenters. The molecule has 10 N–H and O–H groups in total. The molecule has 8 rings (SSSR count). The molecule has 25 heteroatoms. The minimum atomic E-state index is -1.07. The number of fused-ring (bicyclic) bond motifs is 1. The van der Waals surface area contributed by atoms with Gasteiger partial charge in [0.15, 0.2) is 0 Å². The Hall–Kier alpha value is -7.39. The third kappa shape index (κ3) is 17.5. The van der Waals surface area contributed by atoms with E-state index in [0.29, 0.717) is 56.9 Å². The number of aliphatic hydroxyl groups excluding tert-OH is 1. The summed E-state index contributed by atoms with van der Waals surface area (Å²) in [5.74, 6) is -4.66. The zero-order valence-electron chi connectivity index (χ0n) is 51.4. The fourth-order valence-corrected chi connectivity index (χ4v) is 12.8. The summed E-state index contributed by atoms with van der Waals surface area (Å²) in [6, 6.07) is 21.5. The molecular weight excluding hydrogens is 1150 g/mol. The number of aliphatic hydroxyl groups is 1. The first-order valence-electron chi connectivity index (χ1n) is 31.2. The van der Waals surface area contributed by atoms with Gasteiger partial charge >= 0.3 is 0 Å². The Morgan fingerprint density at radius 3 is 1.66 bits per heavy atom. The molecular formula is C64H89N11O14. The number of rotatable bonds is 33. The third-order valence-electron chi connectivity index (χ3n) is 18.0. The molecule has 1 saturated carbocycles. The number of ether oxygens (including phenoxy) is 4. The first-order valence-corrected chi connectivity index (χ1v) is 31.2. The monoisotopic (exact) mass is 1240 g/mol. The number of nitrogens with zero attached hydrogens (tertiary/aromatic N) is 2. The molecule has 9 amide bonds. The Balaban J connectivity index is 0.688. The SMILES string of the molecule is CN[C@@H](C)C(=O)NC1C(=O)N2[C@H](C(=O)N[C@H](C(=O)NCCOCCOCCOCCNC(=O)COCC(=O)NC[C@H]3CC[C@H]4CC[C@@H](C(=O)NC(c5ccccc5)c5ccccc5)N4C(=O)[C@H]3NC(=O)[C@H](C)NC)c3ccccc3)CCC23CC3C[C@@H]1CO. The van der Waals surface area contributed by atoms with Gasteiger partial charge in [-0.2, -0.15) is 0 Å². The minimum absolute atomic E-state index is 0.0423. The molecule has 5 aliphatic rings. The number of likely N-dealkylation sites (N-methyl/N-ethyl adjacent to an activating group) is 2. The predicted octanol–water partition coefficient (Wildman–Crippen LogP) is -0.118. The Bertz CT molecular complexity index is 2840. The van der Waals surface area contributed by atoms with Gasteiger partial charge in [0, 0.05) is 49.7 Å². The Labute approximate surface area is 519 Å². The number of carbonyl (C=O) groups is 9. The summed E-state index contributed by atoms with van der Waals surface area (Å²) in [6.07, 6.45) is 4.38. The Morgan fingerprint density at radius 1 is 0.573 bits per heavy atom. The van der Waals surface area contributed by atoms with Crippen LogP contribution in [0.3, 0.4) is 0 Å². The van der Waals surface area contributed by atoms with Crippen LogP contribution in [0.4, 0.5) is 0 Å². The molecule has 4 aliphatic heterocycles. The van der Waals surface area contributed by atoms with E-state index in [9.17, 15) is 48.3 Å². The van der Waals surface area contributed by atoms with Crippen LogP contribution in [0.15, 0.2) is 91.0 Å². The van der Waals surface area contributed by atoms with Crippen LogP contribution in [-0.4, -0.2) is 209 Å². The van der Waals surface area contributed by atoms with Gasteiger partial charge in [-0.15, -0.1) is 0 Å². The molecule has 484 valence electrons. The van der Waals surface area contributed by atoms with Crippen molar-refractivity contribution in [2.45, 2.75) is 125 Å². The van der Waals surface area contributed by atoms with Crippen molar-refractivity contribution in [3.63, 3.8) is 0 Å². The van der Waals surface area contributed by atoms with Crippen LogP contribution in [0.1, 0.15) is 94.0 Å². The first-order chi connectivity index (χ1) is 43.1. The maximum absolute atomic E-state index is 14.6. The molecule has 0 radical (unpaired) electrons. The summed E-state index contributed by atoms with van der Waals surface area (Å²) < 4.78 is 22.2. The van der Waals surface area contributed by atoms with E-state index in [1.165, 1.54) is 0 Å². The molecule has 0 bridgehead atoms. The molecule has 89 heavy (non-hydrogen) atoms. The lowest BCUT2D eigenvalue weighted by Crippen LogP contribution is -2.59. The van der Waals surface area contributed by atoms with Crippen LogP contribution in [-0.2, 0) is 62.1 Å². The third-order valence-corrected chi connectivity index (χ3v) is 18.0. The van der Waals surface area contributed by atoms with E-state index >= 15 is 0 Å². The summed E-state index contributed by atoms with van der Waals surface area (Å²) in [6.45, 7) is 3.92. The molecule has 12 atom stereocenters. The summed E-state index contributed by atoms with van der Waals surface area (Å²) in [7, 11) is 3.28. The highest BCUT2D eigenvalue weighted by Crippen LogP contribution is 2.61. The number of hydrogen-bond acceptors (Lipinski definition) is 16. The molecule has 4 saturated heterocycles. The number of nitrogens with one attached hydrogen (secondary N) is 9. The Morgan fingerprint density at radius 2 is 1.09 bits per heavy atom. The lowest BCUT2D eigenvalue weighted by molar-refractivity contribution is -0.145. The lowest BCUT2D eigenvalue weighted by atomic mass is 9.92. The number of amides is 9. The smallest absolute Gasteiger partial charge is 0.247 e. The largest absolute Gasteiger partial charge is 0.396 e. The van der Waals surface area contributed by atoms with E-state index in [1.54, 1.807) is 68.1 Å². The molecule has 3 aromatic carbocycles.